The molecule has 0 saturated heterocycles. The Hall–Kier alpha value is -0.990. The molecule has 0 N–H and O–H groups in total. The third-order valence-corrected chi connectivity index (χ3v) is 2.21. The highest BCUT2D eigenvalue weighted by Crippen LogP contribution is 2.43. The van der Waals surface area contributed by atoms with Crippen LogP contribution in [0.25, 0.3) is 0 Å². The summed E-state index contributed by atoms with van der Waals surface area (Å²) in [5.74, 6) is 0.646. The van der Waals surface area contributed by atoms with Gasteiger partial charge in [-0.1, -0.05) is 0 Å². The molecule has 0 aromatic rings. The van der Waals surface area contributed by atoms with Crippen LogP contribution in [0.2, 0.25) is 0 Å². The number of nitrogens with zero attached hydrogens (tertiary/aromatic N) is 1. The van der Waals surface area contributed by atoms with Crippen molar-refractivity contribution in [2.45, 2.75) is 32.8 Å². The second-order valence-corrected chi connectivity index (χ2v) is 4.74. The van der Waals surface area contributed by atoms with Gasteiger partial charge < -0.3 is 4.74 Å². The summed E-state index contributed by atoms with van der Waals surface area (Å²) in [6, 6.07) is 0. The molecule has 1 saturated carbocycles. The molecule has 1 unspecified atom stereocenters. The number of ether oxygens (including phenoxy) is 1. The maximum atomic E-state index is 11.5. The van der Waals surface area contributed by atoms with E-state index in [0.717, 1.165) is 6.54 Å². The highest BCUT2D eigenvalue weighted by atomic mass is 16.6. The average Bonchev–Trinajstić information content (AvgIpc) is 2.55. The first-order valence-electron chi connectivity index (χ1n) is 4.66. The first kappa shape index (κ1) is 8.60. The minimum atomic E-state index is -0.387. The van der Waals surface area contributed by atoms with Gasteiger partial charge in [0.2, 0.25) is 0 Å². The van der Waals surface area contributed by atoms with Crippen molar-refractivity contribution in [1.82, 2.24) is 4.90 Å². The maximum Gasteiger partial charge on any atom is 0.414 e. The fraction of sp³-hybridized carbons (Fsp3) is 0.700. The third-order valence-electron chi connectivity index (χ3n) is 2.21. The zero-order chi connectivity index (χ0) is 9.64. The Morgan fingerprint density at radius 3 is 2.77 bits per heavy atom. The van der Waals surface area contributed by atoms with Crippen LogP contribution in [0.5, 0.6) is 0 Å². The van der Waals surface area contributed by atoms with Gasteiger partial charge in [0.15, 0.2) is 0 Å². The largest absolute Gasteiger partial charge is 0.443 e. The second kappa shape index (κ2) is 2.50. The highest BCUT2D eigenvalue weighted by Gasteiger charge is 2.39. The van der Waals surface area contributed by atoms with E-state index < -0.39 is 0 Å². The predicted molar refractivity (Wildman–Crippen MR) is 49.1 cm³/mol. The van der Waals surface area contributed by atoms with Crippen LogP contribution in [0.15, 0.2) is 11.8 Å². The molecule has 2 aliphatic rings. The molecule has 72 valence electrons. The number of fused-ring (bicyclic) bond motifs is 1. The van der Waals surface area contributed by atoms with Crippen molar-refractivity contribution >= 4 is 6.09 Å². The summed E-state index contributed by atoms with van der Waals surface area (Å²) in [5.41, 5.74) is 1.01. The average molecular weight is 181 g/mol. The molecule has 13 heavy (non-hydrogen) atoms. The van der Waals surface area contributed by atoms with Crippen LogP contribution in [0, 0.1) is 5.92 Å². The maximum absolute atomic E-state index is 11.5. The van der Waals surface area contributed by atoms with E-state index in [2.05, 4.69) is 0 Å². The summed E-state index contributed by atoms with van der Waals surface area (Å²) in [6.07, 6.45) is 2.89. The molecule has 0 aromatic carbocycles. The van der Waals surface area contributed by atoms with Crippen molar-refractivity contribution in [3.63, 3.8) is 0 Å². The van der Waals surface area contributed by atoms with Gasteiger partial charge in [-0.05, 0) is 32.8 Å². The lowest BCUT2D eigenvalue weighted by Crippen LogP contribution is -2.33. The van der Waals surface area contributed by atoms with E-state index in [1.807, 2.05) is 27.0 Å². The Morgan fingerprint density at radius 1 is 1.62 bits per heavy atom. The number of amides is 1. The summed E-state index contributed by atoms with van der Waals surface area (Å²) in [4.78, 5) is 13.2. The summed E-state index contributed by atoms with van der Waals surface area (Å²) >= 11 is 0. The molecule has 0 radical (unpaired) electrons. The van der Waals surface area contributed by atoms with E-state index in [9.17, 15) is 4.79 Å². The van der Waals surface area contributed by atoms with Crippen molar-refractivity contribution in [1.29, 1.82) is 0 Å². The van der Waals surface area contributed by atoms with Gasteiger partial charge in [-0.15, -0.1) is 0 Å². The lowest BCUT2D eigenvalue weighted by Gasteiger charge is -2.23. The fourth-order valence-corrected chi connectivity index (χ4v) is 1.50. The molecule has 1 aliphatic heterocycles. The number of hydrogen-bond acceptors (Lipinski definition) is 2. The van der Waals surface area contributed by atoms with Crippen LogP contribution in [0.4, 0.5) is 4.79 Å². The minimum Gasteiger partial charge on any atom is -0.443 e. The van der Waals surface area contributed by atoms with Crippen LogP contribution in [0.1, 0.15) is 27.2 Å². The summed E-state index contributed by atoms with van der Waals surface area (Å²) in [7, 11) is 0. The van der Waals surface area contributed by atoms with Crippen LogP contribution >= 0.6 is 0 Å². The number of hydrogen-bond donors (Lipinski definition) is 0. The quantitative estimate of drug-likeness (QED) is 0.573. The molecule has 1 aliphatic carbocycles. The van der Waals surface area contributed by atoms with Gasteiger partial charge in [0.1, 0.15) is 5.60 Å². The third kappa shape index (κ3) is 1.85. The Kier molecular flexibility index (Phi) is 1.65. The fourth-order valence-electron chi connectivity index (χ4n) is 1.50. The van der Waals surface area contributed by atoms with Gasteiger partial charge in [0, 0.05) is 18.7 Å². The molecule has 2 rings (SSSR count). The van der Waals surface area contributed by atoms with Gasteiger partial charge in [0.05, 0.1) is 0 Å². The zero-order valence-corrected chi connectivity index (χ0v) is 8.33. The normalized spacial score (nSPS) is 25.3. The first-order valence-corrected chi connectivity index (χ1v) is 4.66. The molecule has 3 heteroatoms. The van der Waals surface area contributed by atoms with Crippen LogP contribution in [-0.4, -0.2) is 23.1 Å². The molecular weight excluding hydrogens is 166 g/mol. The van der Waals surface area contributed by atoms with E-state index >= 15 is 0 Å². The molecule has 0 bridgehead atoms. The first-order chi connectivity index (χ1) is 5.96. The predicted octanol–water partition coefficient (Wildman–Crippen LogP) is 2.14. The highest BCUT2D eigenvalue weighted by molar-refractivity contribution is 5.71. The van der Waals surface area contributed by atoms with Crippen molar-refractivity contribution < 1.29 is 9.53 Å². The van der Waals surface area contributed by atoms with E-state index in [-0.39, 0.29) is 11.7 Å². The molecule has 1 atom stereocenters. The summed E-state index contributed by atoms with van der Waals surface area (Å²) in [5, 5.41) is 0. The van der Waals surface area contributed by atoms with Crippen LogP contribution < -0.4 is 0 Å². The van der Waals surface area contributed by atoms with E-state index in [1.54, 1.807) is 4.90 Å². The molecule has 0 aromatic heterocycles. The van der Waals surface area contributed by atoms with Gasteiger partial charge in [0.25, 0.3) is 0 Å². The minimum absolute atomic E-state index is 0.216. The Morgan fingerprint density at radius 2 is 2.31 bits per heavy atom. The Balaban J connectivity index is 1.92. The Labute approximate surface area is 78.4 Å². The lowest BCUT2D eigenvalue weighted by molar-refractivity contribution is 0.0339. The zero-order valence-electron chi connectivity index (χ0n) is 8.33. The summed E-state index contributed by atoms with van der Waals surface area (Å²) < 4.78 is 5.23. The van der Waals surface area contributed by atoms with Gasteiger partial charge in [-0.3, -0.25) is 4.90 Å². The number of carbonyl (C=O) groups excluding carboxylic acids is 1. The van der Waals surface area contributed by atoms with Crippen molar-refractivity contribution in [2.75, 3.05) is 6.54 Å². The molecule has 0 spiro atoms. The lowest BCUT2D eigenvalue weighted by atomic mass is 10.2. The van der Waals surface area contributed by atoms with E-state index in [1.165, 1.54) is 12.0 Å². The van der Waals surface area contributed by atoms with Gasteiger partial charge in [-0.25, -0.2) is 4.79 Å². The number of rotatable bonds is 0. The Bertz CT molecular complexity index is 275. The molecule has 1 heterocycles. The van der Waals surface area contributed by atoms with Crippen LogP contribution in [0.3, 0.4) is 0 Å². The summed E-state index contributed by atoms with van der Waals surface area (Å²) in [6.45, 7) is 6.47. The van der Waals surface area contributed by atoms with Crippen molar-refractivity contribution in [3.05, 3.63) is 11.8 Å². The van der Waals surface area contributed by atoms with Gasteiger partial charge >= 0.3 is 6.09 Å². The monoisotopic (exact) mass is 181 g/mol. The second-order valence-electron chi connectivity index (χ2n) is 4.74. The SMILES string of the molecule is CC(C)(C)OC(=O)N1C=C2CC2C1. The van der Waals surface area contributed by atoms with Crippen molar-refractivity contribution in [3.8, 4) is 0 Å². The van der Waals surface area contributed by atoms with E-state index in [4.69, 9.17) is 4.74 Å². The van der Waals surface area contributed by atoms with E-state index in [0.29, 0.717) is 5.92 Å². The van der Waals surface area contributed by atoms with Crippen molar-refractivity contribution in [2.24, 2.45) is 5.92 Å². The molecule has 3 nitrogen and oxygen atoms in total. The smallest absolute Gasteiger partial charge is 0.414 e. The molecule has 1 amide bonds. The number of carbonyl (C=O) groups is 1. The van der Waals surface area contributed by atoms with Gasteiger partial charge in [-0.2, -0.15) is 0 Å². The molecule has 1 fully saturated rings. The topological polar surface area (TPSA) is 29.5 Å². The standard InChI is InChI=1S/C10H15NO2/c1-10(2,3)13-9(12)11-5-7-4-8(7)6-11/h5,8H,4,6H2,1-3H3. The van der Waals surface area contributed by atoms with Crippen LogP contribution in [-0.2, 0) is 4.74 Å². The molecular formula is C10H15NO2.